The molecule has 0 aliphatic carbocycles. The second-order valence-electron chi connectivity index (χ2n) is 5.34. The summed E-state index contributed by atoms with van der Waals surface area (Å²) in [6.07, 6.45) is 0.186. The molecule has 21 heavy (non-hydrogen) atoms. The summed E-state index contributed by atoms with van der Waals surface area (Å²) in [5, 5.41) is 12.9. The molecule has 3 nitrogen and oxygen atoms in total. The minimum absolute atomic E-state index is 0.0437. The van der Waals surface area contributed by atoms with E-state index in [0.717, 1.165) is 11.3 Å². The summed E-state index contributed by atoms with van der Waals surface area (Å²) in [7, 11) is 0. The zero-order valence-electron chi connectivity index (χ0n) is 12.6. The van der Waals surface area contributed by atoms with Crippen LogP contribution in [-0.2, 0) is 6.54 Å². The molecule has 2 N–H and O–H groups in total. The first kappa shape index (κ1) is 15.5. The first-order valence-electron chi connectivity index (χ1n) is 7.34. The number of aliphatic hydroxyl groups is 1. The molecule has 0 fully saturated rings. The second kappa shape index (κ2) is 7.81. The number of hydrogen-bond acceptors (Lipinski definition) is 3. The van der Waals surface area contributed by atoms with Crippen LogP contribution in [0.4, 0.5) is 0 Å². The molecule has 0 saturated carbocycles. The summed E-state index contributed by atoms with van der Waals surface area (Å²) in [5.41, 5.74) is 2.26. The maximum atomic E-state index is 9.52. The highest BCUT2D eigenvalue weighted by atomic mass is 16.5. The molecule has 0 saturated heterocycles. The van der Waals surface area contributed by atoms with Gasteiger partial charge in [0, 0.05) is 6.54 Å². The van der Waals surface area contributed by atoms with Gasteiger partial charge in [-0.1, -0.05) is 42.5 Å². The lowest BCUT2D eigenvalue weighted by Gasteiger charge is -2.17. The summed E-state index contributed by atoms with van der Waals surface area (Å²) < 4.78 is 5.62. The molecular formula is C18H23NO2. The van der Waals surface area contributed by atoms with Crippen LogP contribution in [0.25, 0.3) is 0 Å². The maximum absolute atomic E-state index is 9.52. The van der Waals surface area contributed by atoms with Crippen LogP contribution in [0, 0.1) is 0 Å². The highest BCUT2D eigenvalue weighted by molar-refractivity contribution is 5.27. The third-order valence-corrected chi connectivity index (χ3v) is 3.23. The normalized spacial score (nSPS) is 12.4. The topological polar surface area (TPSA) is 41.5 Å². The zero-order chi connectivity index (χ0) is 15.1. The highest BCUT2D eigenvalue weighted by Gasteiger charge is 2.09. The average molecular weight is 285 g/mol. The SMILES string of the molecule is CC(C)Oc1ccc(CN[C@@H](CO)c2ccccc2)cc1. The minimum atomic E-state index is -0.0437. The molecule has 0 aliphatic heterocycles. The first-order valence-corrected chi connectivity index (χ1v) is 7.34. The largest absolute Gasteiger partial charge is 0.491 e. The van der Waals surface area contributed by atoms with Crippen molar-refractivity contribution in [3.63, 3.8) is 0 Å². The van der Waals surface area contributed by atoms with E-state index in [-0.39, 0.29) is 18.8 Å². The molecule has 0 amide bonds. The van der Waals surface area contributed by atoms with Crippen molar-refractivity contribution < 1.29 is 9.84 Å². The van der Waals surface area contributed by atoms with Gasteiger partial charge in [-0.05, 0) is 37.1 Å². The van der Waals surface area contributed by atoms with Gasteiger partial charge >= 0.3 is 0 Å². The number of ether oxygens (including phenoxy) is 1. The molecule has 112 valence electrons. The maximum Gasteiger partial charge on any atom is 0.119 e. The molecule has 1 atom stereocenters. The van der Waals surface area contributed by atoms with Gasteiger partial charge in [0.2, 0.25) is 0 Å². The van der Waals surface area contributed by atoms with Gasteiger partial charge in [0.25, 0.3) is 0 Å². The Morgan fingerprint density at radius 1 is 1.00 bits per heavy atom. The van der Waals surface area contributed by atoms with Crippen LogP contribution in [0.5, 0.6) is 5.75 Å². The molecular weight excluding hydrogens is 262 g/mol. The van der Waals surface area contributed by atoms with E-state index >= 15 is 0 Å². The Hall–Kier alpha value is -1.84. The van der Waals surface area contributed by atoms with E-state index in [1.165, 1.54) is 5.56 Å². The number of nitrogens with one attached hydrogen (secondary N) is 1. The second-order valence-corrected chi connectivity index (χ2v) is 5.34. The molecule has 3 heteroatoms. The van der Waals surface area contributed by atoms with Gasteiger partial charge in [0.15, 0.2) is 0 Å². The van der Waals surface area contributed by atoms with Crippen molar-refractivity contribution in [1.29, 1.82) is 0 Å². The third kappa shape index (κ3) is 4.88. The van der Waals surface area contributed by atoms with Crippen molar-refractivity contribution in [1.82, 2.24) is 5.32 Å². The fraction of sp³-hybridized carbons (Fsp3) is 0.333. The zero-order valence-corrected chi connectivity index (χ0v) is 12.6. The number of rotatable bonds is 7. The molecule has 0 spiro atoms. The Bertz CT molecular complexity index is 523. The van der Waals surface area contributed by atoms with Crippen LogP contribution in [0.15, 0.2) is 54.6 Å². The van der Waals surface area contributed by atoms with E-state index in [4.69, 9.17) is 4.74 Å². The summed E-state index contributed by atoms with van der Waals surface area (Å²) >= 11 is 0. The van der Waals surface area contributed by atoms with E-state index in [2.05, 4.69) is 5.32 Å². The predicted octanol–water partition coefficient (Wildman–Crippen LogP) is 3.30. The predicted molar refractivity (Wildman–Crippen MR) is 85.3 cm³/mol. The smallest absolute Gasteiger partial charge is 0.119 e. The lowest BCUT2D eigenvalue weighted by Crippen LogP contribution is -2.23. The van der Waals surface area contributed by atoms with Crippen molar-refractivity contribution >= 4 is 0 Å². The lowest BCUT2D eigenvalue weighted by molar-refractivity contribution is 0.241. The Morgan fingerprint density at radius 3 is 2.24 bits per heavy atom. The van der Waals surface area contributed by atoms with Gasteiger partial charge in [0.05, 0.1) is 18.8 Å². The lowest BCUT2D eigenvalue weighted by atomic mass is 10.1. The van der Waals surface area contributed by atoms with E-state index in [1.807, 2.05) is 68.4 Å². The number of benzene rings is 2. The van der Waals surface area contributed by atoms with Gasteiger partial charge in [-0.3, -0.25) is 0 Å². The monoisotopic (exact) mass is 285 g/mol. The van der Waals surface area contributed by atoms with Gasteiger partial charge in [0.1, 0.15) is 5.75 Å². The summed E-state index contributed by atoms with van der Waals surface area (Å²) in [6.45, 7) is 4.82. The Balaban J connectivity index is 1.92. The van der Waals surface area contributed by atoms with Crippen LogP contribution in [0.3, 0.4) is 0 Å². The Labute approximate surface area is 126 Å². The molecule has 2 aromatic rings. The summed E-state index contributed by atoms with van der Waals surface area (Å²) in [6, 6.07) is 18.0. The molecule has 0 bridgehead atoms. The number of hydrogen-bond donors (Lipinski definition) is 2. The van der Waals surface area contributed by atoms with E-state index in [0.29, 0.717) is 6.54 Å². The fourth-order valence-electron chi connectivity index (χ4n) is 2.17. The molecule has 0 unspecified atom stereocenters. The average Bonchev–Trinajstić information content (AvgIpc) is 2.50. The van der Waals surface area contributed by atoms with Gasteiger partial charge in [-0.2, -0.15) is 0 Å². The first-order chi connectivity index (χ1) is 10.2. The van der Waals surface area contributed by atoms with E-state index < -0.39 is 0 Å². The van der Waals surface area contributed by atoms with Crippen molar-refractivity contribution in [2.45, 2.75) is 32.5 Å². The van der Waals surface area contributed by atoms with Gasteiger partial charge < -0.3 is 15.2 Å². The fourth-order valence-corrected chi connectivity index (χ4v) is 2.17. The molecule has 0 aliphatic rings. The van der Waals surface area contributed by atoms with E-state index in [9.17, 15) is 5.11 Å². The third-order valence-electron chi connectivity index (χ3n) is 3.23. The van der Waals surface area contributed by atoms with Crippen molar-refractivity contribution in [3.05, 3.63) is 65.7 Å². The van der Waals surface area contributed by atoms with Crippen molar-refractivity contribution in [2.24, 2.45) is 0 Å². The van der Waals surface area contributed by atoms with Gasteiger partial charge in [-0.15, -0.1) is 0 Å². The summed E-state index contributed by atoms with van der Waals surface area (Å²) in [5.74, 6) is 0.885. The molecule has 2 rings (SSSR count). The van der Waals surface area contributed by atoms with Crippen LogP contribution in [-0.4, -0.2) is 17.8 Å². The highest BCUT2D eigenvalue weighted by Crippen LogP contribution is 2.16. The number of aliphatic hydroxyl groups excluding tert-OH is 1. The van der Waals surface area contributed by atoms with Crippen molar-refractivity contribution in [3.8, 4) is 5.75 Å². The Morgan fingerprint density at radius 2 is 1.67 bits per heavy atom. The van der Waals surface area contributed by atoms with Crippen molar-refractivity contribution in [2.75, 3.05) is 6.61 Å². The molecule has 0 aromatic heterocycles. The van der Waals surface area contributed by atoms with Crippen LogP contribution in [0.1, 0.15) is 31.0 Å². The molecule has 2 aromatic carbocycles. The molecule has 0 radical (unpaired) electrons. The Kier molecular flexibility index (Phi) is 5.78. The van der Waals surface area contributed by atoms with E-state index in [1.54, 1.807) is 0 Å². The molecule has 0 heterocycles. The minimum Gasteiger partial charge on any atom is -0.491 e. The van der Waals surface area contributed by atoms with Crippen LogP contribution < -0.4 is 10.1 Å². The van der Waals surface area contributed by atoms with Gasteiger partial charge in [-0.25, -0.2) is 0 Å². The van der Waals surface area contributed by atoms with Crippen LogP contribution in [0.2, 0.25) is 0 Å². The quantitative estimate of drug-likeness (QED) is 0.820. The standard InChI is InChI=1S/C18H23NO2/c1-14(2)21-17-10-8-15(9-11-17)12-19-18(13-20)16-6-4-3-5-7-16/h3-11,14,18-20H,12-13H2,1-2H3/t18-/m0/s1. The van der Waals surface area contributed by atoms with Crippen LogP contribution >= 0.6 is 0 Å². The summed E-state index contributed by atoms with van der Waals surface area (Å²) in [4.78, 5) is 0.